The van der Waals surface area contributed by atoms with E-state index in [0.717, 1.165) is 47.3 Å². The molecule has 0 aromatic heterocycles. The molecule has 3 rings (SSSR count). The smallest absolute Gasteiger partial charge is 0.303 e. The van der Waals surface area contributed by atoms with Crippen LogP contribution in [0.3, 0.4) is 0 Å². The normalized spacial score (nSPS) is 12.1. The molecule has 3 aromatic carbocycles. The Morgan fingerprint density at radius 3 is 1.00 bits per heavy atom. The SMILES string of the molecule is CC(=O)OCC(=O)Nc1c(I)c(C(=O)NCCN(CCNC(=O)c2c(I)c(NC(=O)C(COC(C)=O)OC(C)=O)c(I)c(C(=O)N(C)CC(O)CO)c2I)C(=O)c2c(I)c(NC(=O)COC(C)=O)c(I)c(C(=O)N(C)CC(O)CO)c2I)c(I)c(C(=O)N(C)CC(O)CO)c1I. The number of ether oxygens (including phenoxy) is 4. The van der Waals surface area contributed by atoms with Gasteiger partial charge in [-0.2, -0.15) is 0 Å². The molecule has 32 nitrogen and oxygen atoms in total. The van der Waals surface area contributed by atoms with E-state index in [1.165, 1.54) is 21.1 Å². The molecule has 0 fully saturated rings. The maximum atomic E-state index is 15.6. The largest absolute Gasteiger partial charge is 0.461 e. The molecule has 0 aliphatic carbocycles. The van der Waals surface area contributed by atoms with Crippen molar-refractivity contribution in [2.45, 2.75) is 52.1 Å². The van der Waals surface area contributed by atoms with Crippen molar-refractivity contribution >= 4 is 297 Å². The van der Waals surface area contributed by atoms with Gasteiger partial charge < -0.3 is 95.8 Å². The van der Waals surface area contributed by atoms with Crippen molar-refractivity contribution in [3.8, 4) is 0 Å². The van der Waals surface area contributed by atoms with Crippen LogP contribution in [0.2, 0.25) is 0 Å². The molecule has 4 unspecified atom stereocenters. The van der Waals surface area contributed by atoms with Gasteiger partial charge in [0.15, 0.2) is 13.2 Å². The number of amides is 9. The zero-order valence-electron chi connectivity index (χ0n) is 51.3. The van der Waals surface area contributed by atoms with E-state index in [0.29, 0.717) is 0 Å². The van der Waals surface area contributed by atoms with Crippen LogP contribution in [0.25, 0.3) is 0 Å². The van der Waals surface area contributed by atoms with E-state index in [2.05, 4.69) is 26.6 Å². The van der Waals surface area contributed by atoms with Gasteiger partial charge in [0.1, 0.15) is 6.61 Å². The van der Waals surface area contributed by atoms with E-state index in [4.69, 9.17) is 18.9 Å². The van der Waals surface area contributed by atoms with Gasteiger partial charge in [0.05, 0.1) is 110 Å². The summed E-state index contributed by atoms with van der Waals surface area (Å²) in [7, 11) is 3.91. The first-order valence-corrected chi connectivity index (χ1v) is 37.1. The zero-order valence-corrected chi connectivity index (χ0v) is 70.7. The van der Waals surface area contributed by atoms with Gasteiger partial charge in [-0.05, 0) is 203 Å². The number of nitrogens with one attached hydrogen (secondary N) is 5. The monoisotopic (exact) mass is 2360 g/mol. The molecule has 0 aliphatic heterocycles. The summed E-state index contributed by atoms with van der Waals surface area (Å²) in [6, 6.07) is 0. The number of hydrogen-bond acceptors (Lipinski definition) is 23. The second-order valence-corrected chi connectivity index (χ2v) is 29.8. The Morgan fingerprint density at radius 1 is 0.406 bits per heavy atom. The lowest BCUT2D eigenvalue weighted by Gasteiger charge is -2.28. The van der Waals surface area contributed by atoms with E-state index < -0.39 is 180 Å². The zero-order chi connectivity index (χ0) is 73.1. The van der Waals surface area contributed by atoms with E-state index in [1.54, 1.807) is 203 Å². The van der Waals surface area contributed by atoms with Gasteiger partial charge in [0.2, 0.25) is 6.10 Å². The lowest BCUT2D eigenvalue weighted by atomic mass is 10.1. The second kappa shape index (κ2) is 41.3. The quantitative estimate of drug-likeness (QED) is 0.0242. The maximum absolute atomic E-state index is 15.6. The van der Waals surface area contributed by atoms with Crippen LogP contribution in [0.15, 0.2) is 0 Å². The summed E-state index contributed by atoms with van der Waals surface area (Å²) >= 11 is 15.7. The summed E-state index contributed by atoms with van der Waals surface area (Å²) in [5.74, 6) is -11.3. The second-order valence-electron chi connectivity index (χ2n) is 20.1. The molecule has 0 aliphatic rings. The lowest BCUT2D eigenvalue weighted by molar-refractivity contribution is -0.160. The minimum absolute atomic E-state index is 0.00210. The molecular weight excluding hydrogens is 2300 g/mol. The number of esters is 4. The summed E-state index contributed by atoms with van der Waals surface area (Å²) in [4.78, 5) is 180. The average Bonchev–Trinajstić information content (AvgIpc) is 0.778. The van der Waals surface area contributed by atoms with Crippen molar-refractivity contribution in [3.63, 3.8) is 0 Å². The summed E-state index contributed by atoms with van der Waals surface area (Å²) in [5, 5.41) is 73.0. The Balaban J connectivity index is 2.41. The highest BCUT2D eigenvalue weighted by Gasteiger charge is 2.37. The standard InChI is InChI=1S/C55H62I9N9O23/c1-21(77)93-18-28(96-24(4)80)49(86)69-48-41(60)32(38(57)34(44(48)63)53(90)71(6)13-26(82)16-75)51(88)66-9-11-73(55(92)36-39(58)35(54(91)72(7)14-27(83)17-76)43(62)47(45(36)64)68-30(85)20-95-23(3)79)10-8-65-50(87)31-37(56)33(52(89)70(5)12-25(81)15-74)42(61)46(40(31)59)67-29(84)19-94-22(2)78/h25-28,74-76,81-83H,8-20H2,1-7H3,(H,65,87)(H,66,88)(H,67,84)(H,68,85)(H,69,86). The van der Waals surface area contributed by atoms with Gasteiger partial charge in [-0.15, -0.1) is 0 Å². The topological polar surface area (TPSA) is 453 Å². The van der Waals surface area contributed by atoms with Crippen molar-refractivity contribution in [1.82, 2.24) is 30.2 Å². The molecule has 0 spiro atoms. The van der Waals surface area contributed by atoms with Crippen LogP contribution in [0.1, 0.15) is 89.8 Å². The highest BCUT2D eigenvalue weighted by Crippen LogP contribution is 2.40. The van der Waals surface area contributed by atoms with Crippen LogP contribution >= 0.6 is 203 Å². The first kappa shape index (κ1) is 87.3. The minimum atomic E-state index is -1.74. The summed E-state index contributed by atoms with van der Waals surface area (Å²) in [6.45, 7) is -3.39. The predicted octanol–water partition coefficient (Wildman–Crippen LogP) is 2.14. The van der Waals surface area contributed by atoms with Crippen LogP contribution in [-0.2, 0) is 52.5 Å². The first-order valence-electron chi connectivity index (χ1n) is 27.4. The molecule has 528 valence electrons. The van der Waals surface area contributed by atoms with Crippen LogP contribution in [0.5, 0.6) is 0 Å². The molecule has 0 saturated carbocycles. The summed E-state index contributed by atoms with van der Waals surface area (Å²) < 4.78 is 20.2. The third-order valence-corrected chi connectivity index (χ3v) is 22.3. The molecule has 3 aromatic rings. The Morgan fingerprint density at radius 2 is 0.698 bits per heavy atom. The number of aliphatic hydroxyl groups is 6. The molecule has 0 radical (unpaired) electrons. The number of halogens is 9. The van der Waals surface area contributed by atoms with E-state index >= 15 is 4.79 Å². The first-order chi connectivity index (χ1) is 44.8. The Hall–Kier alpha value is -2.90. The molecule has 0 saturated heterocycles. The number of anilines is 3. The lowest BCUT2D eigenvalue weighted by Crippen LogP contribution is -2.44. The van der Waals surface area contributed by atoms with Gasteiger partial charge in [0, 0.05) is 105 Å². The molecular formula is C55H62I9N9O23. The fourth-order valence-electron chi connectivity index (χ4n) is 8.12. The Kier molecular flexibility index (Phi) is 37.5. The van der Waals surface area contributed by atoms with Crippen molar-refractivity contribution < 1.29 is 112 Å². The number of likely N-dealkylation sites (N-methyl/N-ethyl adjacent to an activating group) is 3. The molecule has 4 atom stereocenters. The number of benzene rings is 3. The Labute approximate surface area is 671 Å². The summed E-state index contributed by atoms with van der Waals surface area (Å²) in [5.41, 5.74) is -1.53. The molecule has 96 heavy (non-hydrogen) atoms. The number of nitrogens with zero attached hydrogens (tertiary/aromatic N) is 4. The third kappa shape index (κ3) is 24.4. The van der Waals surface area contributed by atoms with Gasteiger partial charge in [-0.25, -0.2) is 0 Å². The van der Waals surface area contributed by atoms with Crippen molar-refractivity contribution in [2.75, 3.05) is 123 Å². The maximum Gasteiger partial charge on any atom is 0.303 e. The van der Waals surface area contributed by atoms with Crippen LogP contribution in [0.4, 0.5) is 17.1 Å². The van der Waals surface area contributed by atoms with Gasteiger partial charge in [-0.3, -0.25) is 62.3 Å². The van der Waals surface area contributed by atoms with Gasteiger partial charge in [0.25, 0.3) is 53.2 Å². The fourth-order valence-corrected chi connectivity index (χ4v) is 21.3. The van der Waals surface area contributed by atoms with Crippen LogP contribution in [-0.4, -0.2) is 258 Å². The number of carbonyl (C=O) groups excluding carboxylic acids is 13. The van der Waals surface area contributed by atoms with E-state index in [-0.39, 0.29) is 89.1 Å². The molecule has 41 heteroatoms. The number of aliphatic hydroxyl groups excluding tert-OH is 6. The van der Waals surface area contributed by atoms with Crippen LogP contribution in [0, 0.1) is 32.1 Å². The highest BCUT2D eigenvalue weighted by molar-refractivity contribution is 14.1. The van der Waals surface area contributed by atoms with Crippen LogP contribution < -0.4 is 26.6 Å². The third-order valence-electron chi connectivity index (χ3n) is 12.6. The summed E-state index contributed by atoms with van der Waals surface area (Å²) in [6.07, 6.45) is -5.95. The van der Waals surface area contributed by atoms with Crippen molar-refractivity contribution in [1.29, 1.82) is 0 Å². The van der Waals surface area contributed by atoms with E-state index in [1.807, 2.05) is 0 Å². The number of rotatable bonds is 32. The molecule has 9 amide bonds. The van der Waals surface area contributed by atoms with Gasteiger partial charge in [-0.1, -0.05) is 0 Å². The fraction of sp³-hybridized carbons (Fsp3) is 0.436. The predicted molar refractivity (Wildman–Crippen MR) is 416 cm³/mol. The molecule has 0 bridgehead atoms. The van der Waals surface area contributed by atoms with E-state index in [9.17, 15) is 88.2 Å². The van der Waals surface area contributed by atoms with Gasteiger partial charge >= 0.3 is 23.9 Å². The number of carbonyl (C=O) groups is 13. The van der Waals surface area contributed by atoms with Crippen molar-refractivity contribution in [2.24, 2.45) is 0 Å². The highest BCUT2D eigenvalue weighted by atomic mass is 127. The Bertz CT molecular complexity index is 3550. The minimum Gasteiger partial charge on any atom is -0.461 e. The average molecular weight is 2360 g/mol. The number of hydrogen-bond donors (Lipinski definition) is 11. The molecule has 11 N–H and O–H groups in total. The van der Waals surface area contributed by atoms with Crippen molar-refractivity contribution in [3.05, 3.63) is 65.5 Å². The molecule has 0 heterocycles.